The van der Waals surface area contributed by atoms with Crippen molar-refractivity contribution >= 4 is 11.8 Å². The van der Waals surface area contributed by atoms with Gasteiger partial charge in [0.2, 0.25) is 0 Å². The summed E-state index contributed by atoms with van der Waals surface area (Å²) in [6.45, 7) is 5.08. The van der Waals surface area contributed by atoms with Crippen molar-refractivity contribution in [3.8, 4) is 5.75 Å². The molecule has 1 heterocycles. The Morgan fingerprint density at radius 1 is 0.970 bits per heavy atom. The first kappa shape index (κ1) is 24.2. The number of anilines is 1. The highest BCUT2D eigenvalue weighted by Crippen LogP contribution is 2.27. The van der Waals surface area contributed by atoms with Gasteiger partial charge in [0, 0.05) is 31.8 Å². The minimum absolute atomic E-state index is 0.0102. The van der Waals surface area contributed by atoms with Crippen molar-refractivity contribution < 1.29 is 23.4 Å². The molecule has 0 bridgehead atoms. The summed E-state index contributed by atoms with van der Waals surface area (Å²) in [6, 6.07) is 19.4. The Morgan fingerprint density at radius 2 is 1.61 bits per heavy atom. The van der Waals surface area contributed by atoms with Gasteiger partial charge in [-0.15, -0.1) is 0 Å². The summed E-state index contributed by atoms with van der Waals surface area (Å²) < 4.78 is 32.6. The van der Waals surface area contributed by atoms with Gasteiger partial charge in [-0.2, -0.15) is 0 Å². The number of carboxylic acids is 1. The first-order chi connectivity index (χ1) is 15.5. The molecule has 0 spiro atoms. The zero-order valence-electron chi connectivity index (χ0n) is 19.0. The lowest BCUT2D eigenvalue weighted by Gasteiger charge is -2.24. The second-order valence-electron chi connectivity index (χ2n) is 8.51. The lowest BCUT2D eigenvalue weighted by Crippen LogP contribution is -2.37. The number of pyridine rings is 1. The first-order valence-electron chi connectivity index (χ1n) is 10.7. The van der Waals surface area contributed by atoms with E-state index in [9.17, 15) is 18.7 Å². The van der Waals surface area contributed by atoms with Gasteiger partial charge in [0.1, 0.15) is 11.6 Å². The predicted octanol–water partition coefficient (Wildman–Crippen LogP) is 5.68. The molecule has 3 rings (SSSR count). The number of aromatic nitrogens is 1. The molecular weight excluding hydrogens is 426 g/mol. The molecule has 0 atom stereocenters. The quantitative estimate of drug-likeness (QED) is 0.427. The van der Waals surface area contributed by atoms with Crippen molar-refractivity contribution in [1.82, 2.24) is 4.98 Å². The third-order valence-electron chi connectivity index (χ3n) is 5.29. The van der Waals surface area contributed by atoms with Crippen molar-refractivity contribution in [2.75, 3.05) is 11.4 Å². The van der Waals surface area contributed by atoms with Gasteiger partial charge in [-0.3, -0.25) is 0 Å². The first-order valence-corrected chi connectivity index (χ1v) is 10.7. The highest BCUT2D eigenvalue weighted by Gasteiger charge is 2.29. The molecule has 0 saturated carbocycles. The average Bonchev–Trinajstić information content (AvgIpc) is 2.77. The molecule has 1 N–H and O–H groups in total. The van der Waals surface area contributed by atoms with Crippen LogP contribution in [0.25, 0.3) is 0 Å². The molecule has 0 fully saturated rings. The second-order valence-corrected chi connectivity index (χ2v) is 8.51. The Bertz CT molecular complexity index is 1050. The van der Waals surface area contributed by atoms with E-state index in [4.69, 9.17) is 4.74 Å². The van der Waals surface area contributed by atoms with Crippen LogP contribution in [-0.2, 0) is 23.7 Å². The molecule has 174 valence electrons. The summed E-state index contributed by atoms with van der Waals surface area (Å²) in [5.74, 6) is -2.62. The van der Waals surface area contributed by atoms with Crippen LogP contribution in [0.15, 0.2) is 72.9 Å². The monoisotopic (exact) mass is 454 g/mol. The van der Waals surface area contributed by atoms with E-state index < -0.39 is 17.5 Å². The second kappa shape index (κ2) is 9.98. The molecule has 2 aromatic carbocycles. The summed E-state index contributed by atoms with van der Waals surface area (Å²) in [5.41, 5.74) is 0.643. The Kier molecular flexibility index (Phi) is 7.31. The van der Waals surface area contributed by atoms with E-state index in [2.05, 4.69) is 9.88 Å². The smallest absolute Gasteiger partial charge is 0.347 e. The van der Waals surface area contributed by atoms with Gasteiger partial charge >= 0.3 is 5.97 Å². The number of halogens is 2. The number of benzene rings is 2. The minimum atomic E-state index is -2.87. The molecular formula is C26H28F2N2O3. The van der Waals surface area contributed by atoms with Crippen LogP contribution in [0.4, 0.5) is 14.6 Å². The number of rotatable bonds is 10. The fourth-order valence-corrected chi connectivity index (χ4v) is 3.27. The molecule has 0 aliphatic heterocycles. The maximum atomic E-state index is 13.5. The van der Waals surface area contributed by atoms with Crippen LogP contribution in [0, 0.1) is 0 Å². The number of alkyl halides is 2. The molecule has 0 unspecified atom stereocenters. The zero-order chi connectivity index (χ0) is 24.1. The van der Waals surface area contributed by atoms with Gasteiger partial charge in [0.05, 0.1) is 0 Å². The van der Waals surface area contributed by atoms with Crippen molar-refractivity contribution in [1.29, 1.82) is 0 Å². The summed E-state index contributed by atoms with van der Waals surface area (Å²) in [5, 5.41) is 9.21. The van der Waals surface area contributed by atoms with Crippen molar-refractivity contribution in [3.05, 3.63) is 89.6 Å². The number of hydrogen-bond acceptors (Lipinski definition) is 4. The predicted molar refractivity (Wildman–Crippen MR) is 124 cm³/mol. The van der Waals surface area contributed by atoms with Gasteiger partial charge in [0.25, 0.3) is 5.92 Å². The number of carboxylic acid groups (broad SMARTS) is 1. The highest BCUT2D eigenvalue weighted by molar-refractivity contribution is 5.76. The van der Waals surface area contributed by atoms with Crippen molar-refractivity contribution in [3.63, 3.8) is 0 Å². The summed E-state index contributed by atoms with van der Waals surface area (Å²) in [7, 11) is 0. The van der Waals surface area contributed by atoms with Gasteiger partial charge in [-0.05, 0) is 55.7 Å². The SMILES string of the molecule is CC(C)(Oc1ccc(CCN(Cc2ccc(C(C)(F)F)cc2)c2ccccn2)cc1)C(=O)O. The van der Waals surface area contributed by atoms with Crippen LogP contribution < -0.4 is 9.64 Å². The van der Waals surface area contributed by atoms with E-state index in [1.807, 2.05) is 30.3 Å². The number of hydrogen-bond donors (Lipinski definition) is 1. The molecule has 7 heteroatoms. The van der Waals surface area contributed by atoms with Crippen LogP contribution >= 0.6 is 0 Å². The van der Waals surface area contributed by atoms with Gasteiger partial charge in [-0.1, -0.05) is 42.5 Å². The number of aliphatic carboxylic acids is 1. The van der Waals surface area contributed by atoms with E-state index >= 15 is 0 Å². The summed E-state index contributed by atoms with van der Waals surface area (Å²) in [4.78, 5) is 17.8. The molecule has 0 aliphatic rings. The molecule has 0 amide bonds. The van der Waals surface area contributed by atoms with Gasteiger partial charge in [-0.25, -0.2) is 18.6 Å². The Morgan fingerprint density at radius 3 is 2.15 bits per heavy atom. The van der Waals surface area contributed by atoms with Crippen molar-refractivity contribution in [2.24, 2.45) is 0 Å². The number of nitrogens with zero attached hydrogens (tertiary/aromatic N) is 2. The maximum Gasteiger partial charge on any atom is 0.347 e. The fourth-order valence-electron chi connectivity index (χ4n) is 3.27. The average molecular weight is 455 g/mol. The molecule has 0 radical (unpaired) electrons. The maximum absolute atomic E-state index is 13.5. The fraction of sp³-hybridized carbons (Fsp3) is 0.308. The molecule has 33 heavy (non-hydrogen) atoms. The van der Waals surface area contributed by atoms with Crippen LogP contribution in [0.5, 0.6) is 5.75 Å². The third kappa shape index (κ3) is 6.75. The molecule has 1 aromatic heterocycles. The normalized spacial score (nSPS) is 11.8. The molecule has 5 nitrogen and oxygen atoms in total. The molecule has 3 aromatic rings. The van der Waals surface area contributed by atoms with Crippen LogP contribution in [0.3, 0.4) is 0 Å². The lowest BCUT2D eigenvalue weighted by atomic mass is 10.1. The lowest BCUT2D eigenvalue weighted by molar-refractivity contribution is -0.152. The van der Waals surface area contributed by atoms with Crippen LogP contribution in [-0.4, -0.2) is 28.2 Å². The third-order valence-corrected chi connectivity index (χ3v) is 5.29. The zero-order valence-corrected chi connectivity index (χ0v) is 19.0. The minimum Gasteiger partial charge on any atom is -0.478 e. The largest absolute Gasteiger partial charge is 0.478 e. The Hall–Kier alpha value is -3.48. The highest BCUT2D eigenvalue weighted by atomic mass is 19.3. The van der Waals surface area contributed by atoms with Crippen LogP contribution in [0.1, 0.15) is 37.5 Å². The summed E-state index contributed by atoms with van der Waals surface area (Å²) in [6.07, 6.45) is 2.43. The standard InChI is InChI=1S/C26H28F2N2O3/c1-25(2,24(31)32)33-22-13-9-19(10-14-22)15-17-30(23-6-4-5-16-29-23)18-20-7-11-21(12-8-20)26(3,27)28/h4-14,16H,15,17-18H2,1-3H3,(H,31,32). The van der Waals surface area contributed by atoms with E-state index in [0.29, 0.717) is 25.3 Å². The molecule has 0 aliphatic carbocycles. The Balaban J connectivity index is 1.69. The van der Waals surface area contributed by atoms with Gasteiger partial charge in [0.15, 0.2) is 5.60 Å². The van der Waals surface area contributed by atoms with Gasteiger partial charge < -0.3 is 14.7 Å². The topological polar surface area (TPSA) is 62.7 Å². The van der Waals surface area contributed by atoms with E-state index in [1.54, 1.807) is 30.5 Å². The molecule has 0 saturated heterocycles. The number of carbonyl (C=O) groups is 1. The Labute approximate surface area is 192 Å². The summed E-state index contributed by atoms with van der Waals surface area (Å²) >= 11 is 0. The van der Waals surface area contributed by atoms with Crippen LogP contribution in [0.2, 0.25) is 0 Å². The van der Waals surface area contributed by atoms with Crippen molar-refractivity contribution in [2.45, 2.75) is 45.3 Å². The van der Waals surface area contributed by atoms with E-state index in [1.165, 1.54) is 26.0 Å². The van der Waals surface area contributed by atoms with E-state index in [-0.39, 0.29) is 5.56 Å². The van der Waals surface area contributed by atoms with E-state index in [0.717, 1.165) is 23.9 Å². The number of ether oxygens (including phenoxy) is 1.